The van der Waals surface area contributed by atoms with Gasteiger partial charge in [0.1, 0.15) is 6.54 Å². The minimum atomic E-state index is -1.07. The second-order valence-electron chi connectivity index (χ2n) is 1.86. The zero-order valence-corrected chi connectivity index (χ0v) is 5.91. The van der Waals surface area contributed by atoms with E-state index in [-0.39, 0.29) is 6.54 Å². The van der Waals surface area contributed by atoms with E-state index in [4.69, 9.17) is 5.11 Å². The number of hydrogen-bond acceptors (Lipinski definition) is 5. The second kappa shape index (κ2) is 3.67. The van der Waals surface area contributed by atoms with Crippen LogP contribution in [0.15, 0.2) is 11.2 Å². The van der Waals surface area contributed by atoms with Gasteiger partial charge in [-0.05, 0) is 0 Å². The number of carboxylic acid groups (broad SMARTS) is 1. The van der Waals surface area contributed by atoms with Gasteiger partial charge in [0.2, 0.25) is 5.97 Å². The van der Waals surface area contributed by atoms with Crippen molar-refractivity contribution in [3.63, 3.8) is 0 Å². The largest absolute Gasteiger partial charge is 0.480 e. The molecule has 0 saturated heterocycles. The number of rotatable bonds is 3. The molecule has 65 valence electrons. The van der Waals surface area contributed by atoms with E-state index in [1.165, 1.54) is 0 Å². The lowest BCUT2D eigenvalue weighted by atomic mass is 10.6. The quantitative estimate of drug-likeness (QED) is 0.510. The lowest BCUT2D eigenvalue weighted by molar-refractivity contribution is -0.137. The Labute approximate surface area is 67.3 Å². The standard InChI is InChI=1S/C5H6FN4O2/c6-4-1-2-7-10(9-4)8-3-5(11)12/h1,7-8H,3H2,(H,11,12). The number of aliphatic carboxylic acids is 1. The molecule has 0 aromatic rings. The molecule has 1 aliphatic heterocycles. The Kier molecular flexibility index (Phi) is 2.59. The fourth-order valence-electron chi connectivity index (χ4n) is 0.520. The first-order valence-electron chi connectivity index (χ1n) is 3.02. The van der Waals surface area contributed by atoms with E-state index in [9.17, 15) is 9.18 Å². The van der Waals surface area contributed by atoms with Crippen LogP contribution in [-0.2, 0) is 4.79 Å². The molecule has 0 spiro atoms. The molecule has 7 heteroatoms. The van der Waals surface area contributed by atoms with Crippen LogP contribution in [0.4, 0.5) is 4.39 Å². The molecule has 0 atom stereocenters. The minimum absolute atomic E-state index is 0.356. The summed E-state index contributed by atoms with van der Waals surface area (Å²) in [5, 5.41) is 12.3. The highest BCUT2D eigenvalue weighted by molar-refractivity contribution is 5.85. The molecule has 0 bridgehead atoms. The first-order valence-corrected chi connectivity index (χ1v) is 3.02. The van der Waals surface area contributed by atoms with Crippen molar-refractivity contribution >= 4 is 11.9 Å². The van der Waals surface area contributed by atoms with Crippen molar-refractivity contribution < 1.29 is 14.3 Å². The van der Waals surface area contributed by atoms with Crippen molar-refractivity contribution in [1.82, 2.24) is 16.1 Å². The molecule has 12 heavy (non-hydrogen) atoms. The molecule has 1 aliphatic rings. The van der Waals surface area contributed by atoms with Crippen molar-refractivity contribution in [3.05, 3.63) is 12.3 Å². The fraction of sp³-hybridized carbons (Fsp3) is 0.200. The Balaban J connectivity index is 2.35. The second-order valence-corrected chi connectivity index (χ2v) is 1.86. The Morgan fingerprint density at radius 2 is 2.75 bits per heavy atom. The number of nitrogens with one attached hydrogen (secondary N) is 2. The summed E-state index contributed by atoms with van der Waals surface area (Å²) in [6, 6.07) is 0. The van der Waals surface area contributed by atoms with Gasteiger partial charge in [0, 0.05) is 6.08 Å². The molecule has 0 aromatic heterocycles. The SMILES string of the molecule is O=C(O)CNN1N=C(F)C=[C]N1. The number of hydrogen-bond donors (Lipinski definition) is 3. The Morgan fingerprint density at radius 3 is 3.33 bits per heavy atom. The van der Waals surface area contributed by atoms with Crippen LogP contribution < -0.4 is 10.9 Å². The summed E-state index contributed by atoms with van der Waals surface area (Å²) in [5.41, 5.74) is 4.59. The molecule has 1 heterocycles. The van der Waals surface area contributed by atoms with Crippen LogP contribution in [-0.4, -0.2) is 28.8 Å². The van der Waals surface area contributed by atoms with E-state index in [1.54, 1.807) is 0 Å². The number of carbonyl (C=O) groups is 1. The third-order valence-corrected chi connectivity index (χ3v) is 0.937. The topological polar surface area (TPSA) is 77.0 Å². The molecule has 0 aromatic carbocycles. The summed E-state index contributed by atoms with van der Waals surface area (Å²) in [6.45, 7) is -0.356. The maximum atomic E-state index is 12.3. The number of halogens is 1. The van der Waals surface area contributed by atoms with Crippen LogP contribution in [0.5, 0.6) is 0 Å². The third-order valence-electron chi connectivity index (χ3n) is 0.937. The first kappa shape index (κ1) is 8.47. The van der Waals surface area contributed by atoms with E-state index in [2.05, 4.69) is 22.2 Å². The average Bonchev–Trinajstić information content (AvgIpc) is 2.01. The molecule has 6 nitrogen and oxygen atoms in total. The average molecular weight is 173 g/mol. The van der Waals surface area contributed by atoms with Crippen LogP contribution >= 0.6 is 0 Å². The lowest BCUT2D eigenvalue weighted by Gasteiger charge is -2.19. The Morgan fingerprint density at radius 1 is 2.00 bits per heavy atom. The molecule has 1 radical (unpaired) electrons. The Bertz CT molecular complexity index is 240. The summed E-state index contributed by atoms with van der Waals surface area (Å²) in [5.74, 6) is -1.83. The van der Waals surface area contributed by atoms with Crippen molar-refractivity contribution in [1.29, 1.82) is 0 Å². The predicted molar refractivity (Wildman–Crippen MR) is 37.0 cm³/mol. The summed E-state index contributed by atoms with van der Waals surface area (Å²) in [7, 11) is 0. The number of carboxylic acids is 1. The van der Waals surface area contributed by atoms with Crippen molar-refractivity contribution in [2.24, 2.45) is 5.10 Å². The number of hydrazine groups is 2. The van der Waals surface area contributed by atoms with Gasteiger partial charge in [0.25, 0.3) is 0 Å². The maximum absolute atomic E-state index is 12.3. The lowest BCUT2D eigenvalue weighted by Crippen LogP contribution is -2.45. The van der Waals surface area contributed by atoms with E-state index >= 15 is 0 Å². The molecule has 0 amide bonds. The van der Waals surface area contributed by atoms with Crippen LogP contribution in [0.25, 0.3) is 0 Å². The highest BCUT2D eigenvalue weighted by atomic mass is 19.1. The Hall–Kier alpha value is -1.63. The number of hydrazone groups is 1. The highest BCUT2D eigenvalue weighted by Crippen LogP contribution is 1.91. The van der Waals surface area contributed by atoms with Crippen LogP contribution in [0, 0.1) is 6.20 Å². The number of nitrogens with zero attached hydrogens (tertiary/aromatic N) is 2. The van der Waals surface area contributed by atoms with Gasteiger partial charge in [-0.15, -0.1) is 10.3 Å². The van der Waals surface area contributed by atoms with Gasteiger partial charge in [-0.1, -0.05) is 0 Å². The molecular weight excluding hydrogens is 167 g/mol. The van der Waals surface area contributed by atoms with Gasteiger partial charge in [-0.2, -0.15) is 9.82 Å². The number of allylic oxidation sites excluding steroid dienone is 1. The predicted octanol–water partition coefficient (Wildman–Crippen LogP) is -1.00. The minimum Gasteiger partial charge on any atom is -0.480 e. The van der Waals surface area contributed by atoms with Crippen LogP contribution in [0.3, 0.4) is 0 Å². The van der Waals surface area contributed by atoms with Crippen molar-refractivity contribution in [2.45, 2.75) is 0 Å². The van der Waals surface area contributed by atoms with Gasteiger partial charge in [0.05, 0.1) is 6.20 Å². The molecule has 0 unspecified atom stereocenters. The van der Waals surface area contributed by atoms with E-state index in [0.29, 0.717) is 0 Å². The van der Waals surface area contributed by atoms with Gasteiger partial charge >= 0.3 is 5.97 Å². The van der Waals surface area contributed by atoms with Gasteiger partial charge in [-0.25, -0.2) is 0 Å². The summed E-state index contributed by atoms with van der Waals surface area (Å²) < 4.78 is 12.3. The molecule has 1 rings (SSSR count). The summed E-state index contributed by atoms with van der Waals surface area (Å²) in [6.07, 6.45) is 3.28. The summed E-state index contributed by atoms with van der Waals surface area (Å²) in [4.78, 5) is 10.0. The maximum Gasteiger partial charge on any atom is 0.319 e. The van der Waals surface area contributed by atoms with Crippen molar-refractivity contribution in [2.75, 3.05) is 6.54 Å². The van der Waals surface area contributed by atoms with Crippen LogP contribution in [0.2, 0.25) is 0 Å². The molecule has 0 fully saturated rings. The molecule has 3 N–H and O–H groups in total. The van der Waals surface area contributed by atoms with Crippen molar-refractivity contribution in [3.8, 4) is 0 Å². The van der Waals surface area contributed by atoms with Gasteiger partial charge < -0.3 is 5.11 Å². The molecular formula is C5H6FN4O2. The van der Waals surface area contributed by atoms with E-state index in [1.807, 2.05) is 0 Å². The zero-order chi connectivity index (χ0) is 8.97. The van der Waals surface area contributed by atoms with E-state index < -0.39 is 11.9 Å². The third kappa shape index (κ3) is 2.54. The van der Waals surface area contributed by atoms with Gasteiger partial charge in [0.15, 0.2) is 0 Å². The first-order chi connectivity index (χ1) is 5.68. The van der Waals surface area contributed by atoms with E-state index in [0.717, 1.165) is 11.3 Å². The zero-order valence-electron chi connectivity index (χ0n) is 5.91. The fourth-order valence-corrected chi connectivity index (χ4v) is 0.520. The van der Waals surface area contributed by atoms with Crippen LogP contribution in [0.1, 0.15) is 0 Å². The monoisotopic (exact) mass is 173 g/mol. The molecule has 0 saturated carbocycles. The smallest absolute Gasteiger partial charge is 0.319 e. The molecule has 0 aliphatic carbocycles. The summed E-state index contributed by atoms with van der Waals surface area (Å²) >= 11 is 0. The highest BCUT2D eigenvalue weighted by Gasteiger charge is 2.06. The normalized spacial score (nSPS) is 15.4. The van der Waals surface area contributed by atoms with Gasteiger partial charge in [-0.3, -0.25) is 10.2 Å².